The second kappa shape index (κ2) is 9.17. The van der Waals surface area contributed by atoms with Gasteiger partial charge in [0.05, 0.1) is 6.61 Å². The zero-order valence-corrected chi connectivity index (χ0v) is 17.2. The molecule has 1 saturated heterocycles. The number of hydrogen-bond donors (Lipinski definition) is 3. The van der Waals surface area contributed by atoms with Gasteiger partial charge >= 0.3 is 13.5 Å². The van der Waals surface area contributed by atoms with E-state index in [1.807, 2.05) is 4.98 Å². The van der Waals surface area contributed by atoms with Gasteiger partial charge in [-0.05, 0) is 12.1 Å². The number of aliphatic hydroxyl groups is 2. The Morgan fingerprint density at radius 1 is 1.06 bits per heavy atom. The molecule has 0 spiro atoms. The van der Waals surface area contributed by atoms with Crippen molar-refractivity contribution < 1.29 is 47.2 Å². The normalized spacial score (nSPS) is 27.4. The van der Waals surface area contributed by atoms with Crippen molar-refractivity contribution in [2.24, 2.45) is 0 Å². The second-order valence-electron chi connectivity index (χ2n) is 6.24. The summed E-state index contributed by atoms with van der Waals surface area (Å²) >= 11 is 0. The number of aromatic amines is 1. The van der Waals surface area contributed by atoms with E-state index < -0.39 is 58.0 Å². The molecular formula is C15H16N2O12P2-2. The Kier molecular flexibility index (Phi) is 6.96. The van der Waals surface area contributed by atoms with E-state index in [1.165, 1.54) is 24.3 Å². The summed E-state index contributed by atoms with van der Waals surface area (Å²) < 4.78 is 42.5. The van der Waals surface area contributed by atoms with Gasteiger partial charge in [-0.3, -0.25) is 23.5 Å². The largest absolute Gasteiger partial charge is 0.756 e. The number of hydrogen-bond acceptors (Lipinski definition) is 12. The minimum Gasteiger partial charge on any atom is -0.756 e. The molecule has 0 aliphatic carbocycles. The van der Waals surface area contributed by atoms with Crippen molar-refractivity contribution in [1.82, 2.24) is 9.55 Å². The van der Waals surface area contributed by atoms with Crippen LogP contribution >= 0.6 is 15.6 Å². The minimum absolute atomic E-state index is 0.201. The molecule has 6 atom stereocenters. The first-order valence-corrected chi connectivity index (χ1v) is 11.5. The maximum atomic E-state index is 11.9. The molecule has 3 N–H and O–H groups in total. The van der Waals surface area contributed by atoms with Crippen molar-refractivity contribution in [3.05, 3.63) is 63.4 Å². The van der Waals surface area contributed by atoms with Gasteiger partial charge in [0.2, 0.25) is 0 Å². The van der Waals surface area contributed by atoms with E-state index >= 15 is 0 Å². The van der Waals surface area contributed by atoms with Crippen LogP contribution in [0.2, 0.25) is 0 Å². The third-order valence-electron chi connectivity index (χ3n) is 4.02. The summed E-state index contributed by atoms with van der Waals surface area (Å²) in [7, 11) is -10.9. The van der Waals surface area contributed by atoms with Crippen LogP contribution in [0.1, 0.15) is 6.23 Å². The number of para-hydroxylation sites is 1. The van der Waals surface area contributed by atoms with Crippen LogP contribution < -0.4 is 25.6 Å². The third-order valence-corrected chi connectivity index (χ3v) is 6.52. The molecule has 1 aliphatic heterocycles. The monoisotopic (exact) mass is 478 g/mol. The zero-order chi connectivity index (χ0) is 22.8. The average molecular weight is 478 g/mol. The van der Waals surface area contributed by atoms with E-state index in [2.05, 4.69) is 13.4 Å². The number of ether oxygens (including phenoxy) is 1. The smallest absolute Gasteiger partial charge is 0.330 e. The van der Waals surface area contributed by atoms with E-state index in [1.54, 1.807) is 6.07 Å². The maximum Gasteiger partial charge on any atom is 0.330 e. The molecule has 2 heterocycles. The van der Waals surface area contributed by atoms with Crippen molar-refractivity contribution in [3.63, 3.8) is 0 Å². The third kappa shape index (κ3) is 5.98. The Bertz CT molecular complexity index is 1120. The molecule has 1 fully saturated rings. The lowest BCUT2D eigenvalue weighted by atomic mass is 10.1. The molecule has 3 rings (SSSR count). The van der Waals surface area contributed by atoms with E-state index in [9.17, 15) is 38.7 Å². The maximum absolute atomic E-state index is 11.9. The Labute approximate surface area is 173 Å². The van der Waals surface area contributed by atoms with Gasteiger partial charge in [-0.15, -0.1) is 0 Å². The molecule has 2 aromatic rings. The summed E-state index contributed by atoms with van der Waals surface area (Å²) in [5, 5.41) is 20.1. The molecule has 16 heteroatoms. The summed E-state index contributed by atoms with van der Waals surface area (Å²) in [6.07, 6.45) is -5.39. The van der Waals surface area contributed by atoms with Gasteiger partial charge in [-0.2, -0.15) is 0 Å². The fourth-order valence-electron chi connectivity index (χ4n) is 2.66. The number of H-pyrrole nitrogens is 1. The van der Waals surface area contributed by atoms with Gasteiger partial charge in [0.25, 0.3) is 13.4 Å². The summed E-state index contributed by atoms with van der Waals surface area (Å²) in [4.78, 5) is 48.5. The van der Waals surface area contributed by atoms with Gasteiger partial charge in [0, 0.05) is 12.3 Å². The highest BCUT2D eigenvalue weighted by Crippen LogP contribution is 2.55. The lowest BCUT2D eigenvalue weighted by Crippen LogP contribution is -2.37. The molecule has 170 valence electrons. The standard InChI is InChI=1S/C15H18N2O12P2/c18-11-6-7-17(15(21)16-11)14-13(20)12(19)10(27-14)8-26-30(22,23)29-31(24,25)28-9-4-2-1-3-5-9/h1-7,10,12-14,19-20H,8H2,(H,22,23)(H,24,25)(H,16,18,21)/p-2/t10-,12-,13-,14-/m1/s1. The number of phosphoric ester groups is 2. The van der Waals surface area contributed by atoms with Crippen LogP contribution in [0.25, 0.3) is 0 Å². The number of aromatic nitrogens is 2. The SMILES string of the molecule is O=c1ccn([C@@H]2O[C@H](COP(=O)([O-])OP(=O)([O-])Oc3ccccc3)[C@@H](O)[C@H]2O)c(=O)[nH]1. The predicted molar refractivity (Wildman–Crippen MR) is 96.6 cm³/mol. The van der Waals surface area contributed by atoms with Crippen molar-refractivity contribution in [2.45, 2.75) is 24.5 Å². The molecule has 0 saturated carbocycles. The predicted octanol–water partition coefficient (Wildman–Crippen LogP) is -1.80. The number of nitrogens with one attached hydrogen (secondary N) is 1. The molecule has 14 nitrogen and oxygen atoms in total. The van der Waals surface area contributed by atoms with Crippen molar-refractivity contribution in [2.75, 3.05) is 6.61 Å². The first-order chi connectivity index (χ1) is 14.5. The average Bonchev–Trinajstić information content (AvgIpc) is 2.94. The van der Waals surface area contributed by atoms with E-state index in [0.717, 1.165) is 16.8 Å². The van der Waals surface area contributed by atoms with Crippen LogP contribution in [-0.4, -0.2) is 44.7 Å². The van der Waals surface area contributed by atoms with Crippen molar-refractivity contribution in [1.29, 1.82) is 0 Å². The van der Waals surface area contributed by atoms with Gasteiger partial charge in [-0.25, -0.2) is 9.11 Å². The van der Waals surface area contributed by atoms with E-state index in [0.29, 0.717) is 0 Å². The molecule has 0 bridgehead atoms. The topological polar surface area (TPSA) is 212 Å². The highest BCUT2D eigenvalue weighted by atomic mass is 31.3. The minimum atomic E-state index is -5.50. The lowest BCUT2D eigenvalue weighted by molar-refractivity contribution is -0.241. The molecule has 1 aliphatic rings. The van der Waals surface area contributed by atoms with Gasteiger partial charge < -0.3 is 33.8 Å². The number of nitrogens with zero attached hydrogens (tertiary/aromatic N) is 1. The van der Waals surface area contributed by atoms with Crippen molar-refractivity contribution in [3.8, 4) is 5.75 Å². The molecule has 31 heavy (non-hydrogen) atoms. The second-order valence-corrected chi connectivity index (χ2v) is 9.12. The van der Waals surface area contributed by atoms with Crippen LogP contribution in [0, 0.1) is 0 Å². The highest BCUT2D eigenvalue weighted by Gasteiger charge is 2.44. The summed E-state index contributed by atoms with van der Waals surface area (Å²) in [6.45, 7) is -0.959. The van der Waals surface area contributed by atoms with E-state index in [-0.39, 0.29) is 5.75 Å². The van der Waals surface area contributed by atoms with Gasteiger partial charge in [0.15, 0.2) is 6.23 Å². The Morgan fingerprint density at radius 3 is 2.39 bits per heavy atom. The lowest BCUT2D eigenvalue weighted by Gasteiger charge is -2.31. The molecule has 1 aromatic carbocycles. The quantitative estimate of drug-likeness (QED) is 0.359. The Hall–Kier alpha value is -2.12. The first-order valence-electron chi connectivity index (χ1n) is 8.53. The molecule has 0 amide bonds. The van der Waals surface area contributed by atoms with Crippen LogP contribution in [0.15, 0.2) is 52.2 Å². The van der Waals surface area contributed by atoms with E-state index in [4.69, 9.17) is 4.74 Å². The fourth-order valence-corrected chi connectivity index (χ4v) is 4.67. The first kappa shape index (κ1) is 23.5. The van der Waals surface area contributed by atoms with Crippen molar-refractivity contribution >= 4 is 15.6 Å². The fraction of sp³-hybridized carbons (Fsp3) is 0.333. The number of phosphoric acid groups is 2. The number of rotatable bonds is 8. The molecular weight excluding hydrogens is 462 g/mol. The highest BCUT2D eigenvalue weighted by molar-refractivity contribution is 7.60. The van der Waals surface area contributed by atoms with Crippen LogP contribution in [0.4, 0.5) is 0 Å². The zero-order valence-electron chi connectivity index (χ0n) is 15.4. The van der Waals surface area contributed by atoms with Crippen LogP contribution in [0.3, 0.4) is 0 Å². The molecule has 2 unspecified atom stereocenters. The summed E-state index contributed by atoms with van der Waals surface area (Å²) in [5.74, 6) is -0.201. The van der Waals surface area contributed by atoms with Gasteiger partial charge in [0.1, 0.15) is 24.1 Å². The molecule has 0 radical (unpaired) electrons. The summed E-state index contributed by atoms with van der Waals surface area (Å²) in [6, 6.07) is 7.90. The Balaban J connectivity index is 1.63. The van der Waals surface area contributed by atoms with Crippen LogP contribution in [0.5, 0.6) is 5.75 Å². The Morgan fingerprint density at radius 2 is 1.74 bits per heavy atom. The number of benzene rings is 1. The molecule has 1 aromatic heterocycles. The van der Waals surface area contributed by atoms with Crippen LogP contribution in [-0.2, 0) is 22.7 Å². The van der Waals surface area contributed by atoms with Gasteiger partial charge in [-0.1, -0.05) is 18.2 Å². The summed E-state index contributed by atoms with van der Waals surface area (Å²) in [5.41, 5.74) is -1.66. The number of aliphatic hydroxyl groups excluding tert-OH is 2.